The Balaban J connectivity index is 1.45. The van der Waals surface area contributed by atoms with E-state index in [-0.39, 0.29) is 27.7 Å². The van der Waals surface area contributed by atoms with Crippen molar-refractivity contribution in [2.45, 2.75) is 44.3 Å². The molecule has 4 bridgehead atoms. The van der Waals surface area contributed by atoms with Crippen molar-refractivity contribution in [2.24, 2.45) is 23.2 Å². The number of rotatable bonds is 4. The first-order valence-corrected chi connectivity index (χ1v) is 12.3. The average Bonchev–Trinajstić information content (AvgIpc) is 2.76. The number of hydrogen-bond acceptors (Lipinski definition) is 6. The molecule has 5 nitrogen and oxygen atoms in total. The molecule has 2 aromatic rings. The average molecular weight is 463 g/mol. The van der Waals surface area contributed by atoms with Gasteiger partial charge in [0.2, 0.25) is 0 Å². The highest BCUT2D eigenvalue weighted by atomic mass is 35.5. The van der Waals surface area contributed by atoms with Crippen LogP contribution in [-0.4, -0.2) is 10.1 Å². The molecule has 1 aromatic carbocycles. The Hall–Kier alpha value is -2.54. The Labute approximate surface area is 197 Å². The van der Waals surface area contributed by atoms with Gasteiger partial charge in [0.1, 0.15) is 23.5 Å². The zero-order valence-electron chi connectivity index (χ0n) is 17.6. The number of benzene rings is 1. The lowest BCUT2D eigenvalue weighted by atomic mass is 9.50. The van der Waals surface area contributed by atoms with Crippen LogP contribution in [0.5, 0.6) is 0 Å². The second-order valence-electron chi connectivity index (χ2n) is 9.57. The lowest BCUT2D eigenvalue weighted by molar-refractivity contribution is -0.134. The van der Waals surface area contributed by atoms with Crippen LogP contribution in [0.15, 0.2) is 24.3 Å². The van der Waals surface area contributed by atoms with Gasteiger partial charge in [0.15, 0.2) is 5.12 Å². The molecular weight excluding hydrogens is 440 g/mol. The van der Waals surface area contributed by atoms with E-state index in [0.717, 1.165) is 19.3 Å². The molecule has 0 saturated heterocycles. The van der Waals surface area contributed by atoms with Crippen LogP contribution in [-0.2, 0) is 10.5 Å². The van der Waals surface area contributed by atoms with Crippen LogP contribution in [0.2, 0.25) is 5.02 Å². The third kappa shape index (κ3) is 3.56. The van der Waals surface area contributed by atoms with E-state index in [1.807, 2.05) is 0 Å². The minimum Gasteiger partial charge on any atom is -0.383 e. The molecule has 0 radical (unpaired) electrons. The highest BCUT2D eigenvalue weighted by molar-refractivity contribution is 8.13. The summed E-state index contributed by atoms with van der Waals surface area (Å²) in [5.41, 5.74) is 7.96. The van der Waals surface area contributed by atoms with E-state index in [1.165, 1.54) is 31.0 Å². The quantitative estimate of drug-likeness (QED) is 0.624. The van der Waals surface area contributed by atoms with Crippen molar-refractivity contribution in [3.05, 3.63) is 46.1 Å². The van der Waals surface area contributed by atoms with Crippen LogP contribution in [0.1, 0.15) is 55.3 Å². The number of anilines is 1. The fourth-order valence-electron chi connectivity index (χ4n) is 6.55. The molecule has 4 fully saturated rings. The number of thioether (sulfide) groups is 1. The zero-order valence-corrected chi connectivity index (χ0v) is 19.2. The third-order valence-corrected chi connectivity index (χ3v) is 8.83. The first-order valence-electron chi connectivity index (χ1n) is 11.0. The summed E-state index contributed by atoms with van der Waals surface area (Å²) in [5, 5.41) is 20.4. The van der Waals surface area contributed by atoms with Gasteiger partial charge >= 0.3 is 0 Å². The van der Waals surface area contributed by atoms with Gasteiger partial charge in [-0.3, -0.25) is 4.79 Å². The van der Waals surface area contributed by atoms with Crippen molar-refractivity contribution in [3.8, 4) is 23.3 Å². The lowest BCUT2D eigenvalue weighted by Gasteiger charge is -2.55. The van der Waals surface area contributed by atoms with Crippen molar-refractivity contribution >= 4 is 34.3 Å². The van der Waals surface area contributed by atoms with Crippen molar-refractivity contribution in [1.82, 2.24) is 4.98 Å². The molecule has 162 valence electrons. The Morgan fingerprint density at radius 2 is 1.62 bits per heavy atom. The van der Waals surface area contributed by atoms with E-state index in [4.69, 9.17) is 17.3 Å². The Kier molecular flexibility index (Phi) is 5.40. The topological polar surface area (TPSA) is 104 Å². The van der Waals surface area contributed by atoms with Crippen molar-refractivity contribution in [1.29, 1.82) is 10.5 Å². The summed E-state index contributed by atoms with van der Waals surface area (Å²) < 4.78 is 0. The third-order valence-electron chi connectivity index (χ3n) is 7.47. The highest BCUT2D eigenvalue weighted by Gasteiger charge is 2.54. The zero-order chi connectivity index (χ0) is 22.5. The molecule has 6 rings (SSSR count). The molecule has 0 atom stereocenters. The molecule has 2 N–H and O–H groups in total. The first kappa shape index (κ1) is 21.3. The summed E-state index contributed by atoms with van der Waals surface area (Å²) in [5.74, 6) is 2.44. The van der Waals surface area contributed by atoms with Gasteiger partial charge in [-0.15, -0.1) is 0 Å². The predicted molar refractivity (Wildman–Crippen MR) is 125 cm³/mol. The molecule has 4 aliphatic carbocycles. The van der Waals surface area contributed by atoms with Gasteiger partial charge in [-0.05, 0) is 74.0 Å². The highest BCUT2D eigenvalue weighted by Crippen LogP contribution is 2.61. The number of nitriles is 2. The molecule has 4 saturated carbocycles. The largest absolute Gasteiger partial charge is 0.383 e. The Morgan fingerprint density at radius 3 is 2.16 bits per heavy atom. The fourth-order valence-corrected chi connectivity index (χ4v) is 7.70. The molecule has 1 aromatic heterocycles. The number of nitrogen functional groups attached to an aromatic ring is 1. The first-order chi connectivity index (χ1) is 15.4. The fraction of sp³-hybridized carbons (Fsp3) is 0.440. The Morgan fingerprint density at radius 1 is 1.06 bits per heavy atom. The van der Waals surface area contributed by atoms with E-state index in [1.54, 1.807) is 24.3 Å². The van der Waals surface area contributed by atoms with E-state index in [9.17, 15) is 15.3 Å². The number of hydrogen-bond donors (Lipinski definition) is 1. The van der Waals surface area contributed by atoms with Crippen LogP contribution < -0.4 is 5.73 Å². The monoisotopic (exact) mass is 462 g/mol. The summed E-state index contributed by atoms with van der Waals surface area (Å²) >= 11 is 7.28. The number of carbonyl (C=O) groups is 1. The molecule has 4 aliphatic rings. The molecule has 0 aliphatic heterocycles. The van der Waals surface area contributed by atoms with Gasteiger partial charge in [-0.2, -0.15) is 10.5 Å². The molecule has 32 heavy (non-hydrogen) atoms. The van der Waals surface area contributed by atoms with Gasteiger partial charge in [-0.1, -0.05) is 35.5 Å². The van der Waals surface area contributed by atoms with Gasteiger partial charge in [0.05, 0.1) is 11.3 Å². The smallest absolute Gasteiger partial charge is 0.195 e. The number of nitrogens with zero attached hydrogens (tertiary/aromatic N) is 3. The molecule has 0 unspecified atom stereocenters. The maximum Gasteiger partial charge on any atom is 0.195 e. The number of aromatic nitrogens is 1. The van der Waals surface area contributed by atoms with Crippen LogP contribution in [0, 0.1) is 45.8 Å². The lowest BCUT2D eigenvalue weighted by Crippen LogP contribution is -2.49. The number of carbonyl (C=O) groups excluding carboxylic acids is 1. The van der Waals surface area contributed by atoms with Crippen molar-refractivity contribution in [2.75, 3.05) is 5.73 Å². The van der Waals surface area contributed by atoms with Crippen LogP contribution in [0.25, 0.3) is 11.1 Å². The number of halogens is 1. The minimum absolute atomic E-state index is 0.0781. The predicted octanol–water partition coefficient (Wildman–Crippen LogP) is 5.70. The molecule has 0 amide bonds. The van der Waals surface area contributed by atoms with E-state index in [2.05, 4.69) is 17.1 Å². The normalized spacial score (nSPS) is 27.7. The molecule has 1 heterocycles. The maximum atomic E-state index is 13.4. The Bertz CT molecular complexity index is 1140. The van der Waals surface area contributed by atoms with Crippen LogP contribution >= 0.6 is 23.4 Å². The second kappa shape index (κ2) is 8.10. The SMILES string of the molecule is N#Cc1c(N)nc(CSC(=O)C23CC4CC(CC(C4)C2)C3)c(C#N)c1-c1ccc(Cl)cc1. The van der Waals surface area contributed by atoms with Crippen LogP contribution in [0.4, 0.5) is 5.82 Å². The second-order valence-corrected chi connectivity index (χ2v) is 11.0. The summed E-state index contributed by atoms with van der Waals surface area (Å²) in [7, 11) is 0. The van der Waals surface area contributed by atoms with E-state index < -0.39 is 0 Å². The van der Waals surface area contributed by atoms with Gasteiger partial charge in [-0.25, -0.2) is 4.98 Å². The number of nitrogens with two attached hydrogens (primary N) is 1. The molecule has 7 heteroatoms. The summed E-state index contributed by atoms with van der Waals surface area (Å²) in [4.78, 5) is 17.8. The van der Waals surface area contributed by atoms with Gasteiger partial charge < -0.3 is 5.73 Å². The molecule has 0 spiro atoms. The summed E-state index contributed by atoms with van der Waals surface area (Å²) in [6.45, 7) is 0. The van der Waals surface area contributed by atoms with E-state index in [0.29, 0.717) is 45.2 Å². The molecular formula is C25H23ClN4OS. The van der Waals surface area contributed by atoms with Crippen molar-refractivity contribution in [3.63, 3.8) is 0 Å². The summed E-state index contributed by atoms with van der Waals surface area (Å²) in [6, 6.07) is 11.2. The van der Waals surface area contributed by atoms with Crippen molar-refractivity contribution < 1.29 is 4.79 Å². The minimum atomic E-state index is -0.205. The standard InChI is InChI=1S/C25H23ClN4OS/c26-18-3-1-17(2-4-18)22-19(11-27)21(30-23(29)20(22)12-28)13-32-24(31)25-8-14-5-15(9-25)7-16(6-14)10-25/h1-4,14-16H,5-10,13H2,(H2,29,30). The number of pyridine rings is 1. The van der Waals surface area contributed by atoms with Gasteiger partial charge in [0, 0.05) is 21.8 Å². The van der Waals surface area contributed by atoms with Crippen LogP contribution in [0.3, 0.4) is 0 Å². The maximum absolute atomic E-state index is 13.4. The van der Waals surface area contributed by atoms with Gasteiger partial charge in [0.25, 0.3) is 0 Å². The van der Waals surface area contributed by atoms with E-state index >= 15 is 0 Å². The summed E-state index contributed by atoms with van der Waals surface area (Å²) in [6.07, 6.45) is 6.88.